The fourth-order valence-corrected chi connectivity index (χ4v) is 3.53. The maximum Gasteiger partial charge on any atom is 0.0974 e. The van der Waals surface area contributed by atoms with Crippen molar-refractivity contribution in [2.75, 3.05) is 0 Å². The Kier molecular flexibility index (Phi) is 1.83. The molecule has 1 aromatic carbocycles. The first-order valence-corrected chi connectivity index (χ1v) is 6.14. The summed E-state index contributed by atoms with van der Waals surface area (Å²) in [6, 6.07) is 8.47. The van der Waals surface area contributed by atoms with Crippen molar-refractivity contribution < 1.29 is 4.74 Å². The smallest absolute Gasteiger partial charge is 0.0974 e. The number of fused-ring (bicyclic) bond motifs is 5. The normalized spacial score (nSPS) is 40.8. The number of rotatable bonds is 0. The minimum atomic E-state index is 0.241. The molecule has 0 radical (unpaired) electrons. The van der Waals surface area contributed by atoms with Gasteiger partial charge in [0.2, 0.25) is 0 Å². The summed E-state index contributed by atoms with van der Waals surface area (Å²) >= 11 is 7.32. The van der Waals surface area contributed by atoms with Crippen LogP contribution < -0.4 is 0 Å². The molecule has 2 aliphatic heterocycles. The van der Waals surface area contributed by atoms with E-state index >= 15 is 0 Å². The van der Waals surface area contributed by atoms with Gasteiger partial charge in [-0.15, -0.1) is 0 Å². The van der Waals surface area contributed by atoms with Gasteiger partial charge in [-0.2, -0.15) is 0 Å². The Balaban J connectivity index is 2.16. The second-order valence-electron chi connectivity index (χ2n) is 3.50. The molecule has 0 saturated carbocycles. The summed E-state index contributed by atoms with van der Waals surface area (Å²) in [5, 5.41) is 0. The Hall–Kier alpha value is 0.140. The molecule has 1 fully saturated rings. The van der Waals surface area contributed by atoms with Crippen LogP contribution in [0.5, 0.6) is 0 Å². The second-order valence-corrected chi connectivity index (χ2v) is 5.61. The van der Waals surface area contributed by atoms with Gasteiger partial charge in [-0.3, -0.25) is 0 Å². The zero-order valence-corrected chi connectivity index (χ0v) is 9.95. The van der Waals surface area contributed by atoms with Crippen LogP contribution in [0.25, 0.3) is 0 Å². The van der Waals surface area contributed by atoms with E-state index in [-0.39, 0.29) is 12.2 Å². The summed E-state index contributed by atoms with van der Waals surface area (Å²) in [4.78, 5) is 0.819. The maximum atomic E-state index is 5.87. The highest BCUT2D eigenvalue weighted by molar-refractivity contribution is 9.12. The third-order valence-corrected chi connectivity index (χ3v) is 5.59. The molecule has 4 atom stereocenters. The number of ether oxygens (including phenoxy) is 1. The molecule has 0 unspecified atom stereocenters. The zero-order valence-electron chi connectivity index (χ0n) is 6.78. The lowest BCUT2D eigenvalue weighted by molar-refractivity contribution is 0.0747. The van der Waals surface area contributed by atoms with E-state index in [1.54, 1.807) is 0 Å². The Labute approximate surface area is 93.7 Å². The van der Waals surface area contributed by atoms with Crippen LogP contribution in [0.1, 0.15) is 23.3 Å². The number of benzene rings is 1. The van der Waals surface area contributed by atoms with Gasteiger partial charge in [0.05, 0.1) is 21.9 Å². The minimum absolute atomic E-state index is 0.241. The summed E-state index contributed by atoms with van der Waals surface area (Å²) in [5.74, 6) is 0. The van der Waals surface area contributed by atoms with Gasteiger partial charge in [0.1, 0.15) is 0 Å². The summed E-state index contributed by atoms with van der Waals surface area (Å²) in [7, 11) is 0. The van der Waals surface area contributed by atoms with E-state index in [9.17, 15) is 0 Å². The predicted octanol–water partition coefficient (Wildman–Crippen LogP) is 3.34. The molecule has 3 heteroatoms. The predicted molar refractivity (Wildman–Crippen MR) is 58.4 cm³/mol. The molecule has 0 aromatic heterocycles. The highest BCUT2D eigenvalue weighted by Crippen LogP contribution is 2.55. The lowest BCUT2D eigenvalue weighted by Crippen LogP contribution is -2.21. The van der Waals surface area contributed by atoms with Crippen molar-refractivity contribution in [2.45, 2.75) is 21.9 Å². The first-order valence-electron chi connectivity index (χ1n) is 4.31. The summed E-state index contributed by atoms with van der Waals surface area (Å²) < 4.78 is 5.87. The summed E-state index contributed by atoms with van der Waals surface area (Å²) in [6.45, 7) is 0. The van der Waals surface area contributed by atoms with E-state index in [0.29, 0.717) is 9.65 Å². The number of hydrogen-bond donors (Lipinski definition) is 0. The van der Waals surface area contributed by atoms with Crippen LogP contribution >= 0.6 is 31.9 Å². The Bertz CT molecular complexity index is 320. The van der Waals surface area contributed by atoms with Gasteiger partial charge in [0, 0.05) is 0 Å². The molecule has 0 aliphatic carbocycles. The number of halogens is 2. The average Bonchev–Trinajstić information content (AvgIpc) is 2.66. The van der Waals surface area contributed by atoms with Gasteiger partial charge in [-0.05, 0) is 11.1 Å². The van der Waals surface area contributed by atoms with Crippen molar-refractivity contribution in [1.29, 1.82) is 0 Å². The Morgan fingerprint density at radius 1 is 0.923 bits per heavy atom. The van der Waals surface area contributed by atoms with Crippen molar-refractivity contribution in [1.82, 2.24) is 0 Å². The standard InChI is InChI=1S/C10H8Br2O/c11-7-8(12)10-6-4-2-1-3-5(6)9(7)13-10/h1-4,7-10H/t7-,8+,9+,10-. The van der Waals surface area contributed by atoms with Crippen LogP contribution in [0.2, 0.25) is 0 Å². The quantitative estimate of drug-likeness (QED) is 0.668. The molecule has 68 valence electrons. The van der Waals surface area contributed by atoms with Crippen LogP contribution in [0.3, 0.4) is 0 Å². The van der Waals surface area contributed by atoms with Gasteiger partial charge in [0.15, 0.2) is 0 Å². The van der Waals surface area contributed by atoms with Crippen molar-refractivity contribution in [3.8, 4) is 0 Å². The molecular formula is C10H8Br2O. The van der Waals surface area contributed by atoms with Gasteiger partial charge in [-0.1, -0.05) is 56.1 Å². The average molecular weight is 304 g/mol. The van der Waals surface area contributed by atoms with Crippen LogP contribution in [0, 0.1) is 0 Å². The molecule has 1 aromatic rings. The Morgan fingerprint density at radius 3 is 1.85 bits per heavy atom. The van der Waals surface area contributed by atoms with Gasteiger partial charge in [0.25, 0.3) is 0 Å². The van der Waals surface area contributed by atoms with E-state index in [0.717, 1.165) is 0 Å². The third-order valence-electron chi connectivity index (χ3n) is 2.78. The zero-order chi connectivity index (χ0) is 9.00. The van der Waals surface area contributed by atoms with E-state index in [2.05, 4.69) is 56.1 Å². The van der Waals surface area contributed by atoms with Crippen molar-refractivity contribution in [3.63, 3.8) is 0 Å². The van der Waals surface area contributed by atoms with Gasteiger partial charge in [-0.25, -0.2) is 0 Å². The van der Waals surface area contributed by atoms with Crippen molar-refractivity contribution >= 4 is 31.9 Å². The lowest BCUT2D eigenvalue weighted by atomic mass is 9.92. The Morgan fingerprint density at radius 2 is 1.38 bits per heavy atom. The van der Waals surface area contributed by atoms with E-state index in [1.807, 2.05) is 0 Å². The molecule has 0 spiro atoms. The van der Waals surface area contributed by atoms with Crippen LogP contribution in [0.15, 0.2) is 24.3 Å². The fourth-order valence-electron chi connectivity index (χ4n) is 2.16. The molecule has 0 amide bonds. The molecule has 3 rings (SSSR count). The topological polar surface area (TPSA) is 9.23 Å². The van der Waals surface area contributed by atoms with Crippen LogP contribution in [-0.2, 0) is 4.74 Å². The first-order chi connectivity index (χ1) is 6.29. The summed E-state index contributed by atoms with van der Waals surface area (Å²) in [6.07, 6.45) is 0.483. The molecule has 0 N–H and O–H groups in total. The molecule has 2 bridgehead atoms. The van der Waals surface area contributed by atoms with Crippen molar-refractivity contribution in [2.24, 2.45) is 0 Å². The van der Waals surface area contributed by atoms with Gasteiger partial charge >= 0.3 is 0 Å². The molecule has 2 aliphatic rings. The number of alkyl halides is 2. The highest BCUT2D eigenvalue weighted by Gasteiger charge is 2.49. The summed E-state index contributed by atoms with van der Waals surface area (Å²) in [5.41, 5.74) is 2.70. The fraction of sp³-hybridized carbons (Fsp3) is 0.400. The molecule has 1 nitrogen and oxygen atoms in total. The monoisotopic (exact) mass is 302 g/mol. The minimum Gasteiger partial charge on any atom is -0.363 e. The highest BCUT2D eigenvalue weighted by atomic mass is 79.9. The van der Waals surface area contributed by atoms with E-state index in [1.165, 1.54) is 11.1 Å². The van der Waals surface area contributed by atoms with Crippen molar-refractivity contribution in [3.05, 3.63) is 35.4 Å². The SMILES string of the molecule is Br[C@@H]1[C@H](Br)[C@@H]2O[C@H]1c1ccccc12. The molecule has 1 saturated heterocycles. The van der Waals surface area contributed by atoms with E-state index < -0.39 is 0 Å². The van der Waals surface area contributed by atoms with Crippen LogP contribution in [0.4, 0.5) is 0 Å². The first kappa shape index (κ1) is 8.45. The van der Waals surface area contributed by atoms with Crippen LogP contribution in [-0.4, -0.2) is 9.65 Å². The molecule has 13 heavy (non-hydrogen) atoms. The third kappa shape index (κ3) is 1.01. The van der Waals surface area contributed by atoms with Gasteiger partial charge < -0.3 is 4.74 Å². The largest absolute Gasteiger partial charge is 0.363 e. The van der Waals surface area contributed by atoms with E-state index in [4.69, 9.17) is 4.74 Å². The lowest BCUT2D eigenvalue weighted by Gasteiger charge is -2.20. The second kappa shape index (κ2) is 2.81. The molecule has 2 heterocycles. The maximum absolute atomic E-state index is 5.87. The molecular weight excluding hydrogens is 296 g/mol. The number of hydrogen-bond acceptors (Lipinski definition) is 1.